The average Bonchev–Trinajstić information content (AvgIpc) is 3.04. The van der Waals surface area contributed by atoms with Gasteiger partial charge < -0.3 is 0 Å². The van der Waals surface area contributed by atoms with Crippen molar-refractivity contribution in [1.29, 1.82) is 0 Å². The van der Waals surface area contributed by atoms with Gasteiger partial charge in [-0.1, -0.05) is 0 Å². The summed E-state index contributed by atoms with van der Waals surface area (Å²) < 4.78 is 34.6. The zero-order valence-corrected chi connectivity index (χ0v) is 19.5. The molecule has 2 heterocycles. The number of hydrogen-bond acceptors (Lipinski definition) is 2. The van der Waals surface area contributed by atoms with Crippen LogP contribution in [0.2, 0.25) is 13.3 Å². The maximum atomic E-state index is 13.6. The van der Waals surface area contributed by atoms with Crippen molar-refractivity contribution in [3.63, 3.8) is 0 Å². The molecule has 0 spiro atoms. The molecule has 0 amide bonds. The number of imidazole rings is 1. The number of alkyl halides is 2. The van der Waals surface area contributed by atoms with Gasteiger partial charge in [0, 0.05) is 0 Å². The first kappa shape index (κ1) is 21.6. The monoisotopic (exact) mass is 473 g/mol. The first-order valence-electron chi connectivity index (χ1n) is 10.1. The Labute approximate surface area is 160 Å². The molecule has 0 N–H and O–H groups in total. The van der Waals surface area contributed by atoms with Crippen molar-refractivity contribution < 1.29 is 8.78 Å². The fourth-order valence-electron chi connectivity index (χ4n) is 3.81. The van der Waals surface area contributed by atoms with Gasteiger partial charge in [-0.05, 0) is 0 Å². The van der Waals surface area contributed by atoms with Crippen LogP contribution in [0.5, 0.6) is 0 Å². The Morgan fingerprint density at radius 3 is 2.00 bits per heavy atom. The van der Waals surface area contributed by atoms with Crippen molar-refractivity contribution in [3.05, 3.63) is 24.2 Å². The van der Waals surface area contributed by atoms with Gasteiger partial charge in [0.25, 0.3) is 0 Å². The van der Waals surface area contributed by atoms with Gasteiger partial charge in [-0.2, -0.15) is 0 Å². The van der Waals surface area contributed by atoms with Gasteiger partial charge in [0.15, 0.2) is 0 Å². The third kappa shape index (κ3) is 4.96. The molecule has 0 aromatic carbocycles. The van der Waals surface area contributed by atoms with Crippen LogP contribution in [0.25, 0.3) is 5.78 Å². The summed E-state index contributed by atoms with van der Waals surface area (Å²) in [6.45, 7) is 7.65. The number of rotatable bonds is 11. The molecule has 0 unspecified atom stereocenters. The van der Waals surface area contributed by atoms with Gasteiger partial charge >= 0.3 is 161 Å². The molecule has 0 aliphatic rings. The van der Waals surface area contributed by atoms with Crippen LogP contribution >= 0.6 is 0 Å². The molecule has 0 saturated carbocycles. The molecule has 146 valence electrons. The molecule has 6 heteroatoms. The topological polar surface area (TPSA) is 30.2 Å². The maximum absolute atomic E-state index is 13.6. The second-order valence-corrected chi connectivity index (χ2v) is 20.7. The molecule has 26 heavy (non-hydrogen) atoms. The van der Waals surface area contributed by atoms with Crippen LogP contribution in [-0.2, 0) is 5.92 Å². The summed E-state index contributed by atoms with van der Waals surface area (Å²) in [5.74, 6) is -2.49. The Morgan fingerprint density at radius 1 is 1.00 bits per heavy atom. The van der Waals surface area contributed by atoms with E-state index in [4.69, 9.17) is 0 Å². The minimum atomic E-state index is -2.93. The average molecular weight is 472 g/mol. The Kier molecular flexibility index (Phi) is 7.86. The van der Waals surface area contributed by atoms with Crippen molar-refractivity contribution in [1.82, 2.24) is 14.4 Å². The van der Waals surface area contributed by atoms with Gasteiger partial charge in [0.05, 0.1) is 0 Å². The molecule has 0 bridgehead atoms. The van der Waals surface area contributed by atoms with E-state index in [1.807, 2.05) is 10.6 Å². The Balaban J connectivity index is 2.51. The summed E-state index contributed by atoms with van der Waals surface area (Å²) in [5, 5.41) is 0. The number of aromatic nitrogens is 3. The van der Waals surface area contributed by atoms with Crippen LogP contribution in [0.1, 0.15) is 71.9 Å². The summed E-state index contributed by atoms with van der Waals surface area (Å²) in [6.07, 6.45) is 11.2. The van der Waals surface area contributed by atoms with Gasteiger partial charge in [-0.25, -0.2) is 0 Å². The van der Waals surface area contributed by atoms with Crippen molar-refractivity contribution >= 4 is 27.9 Å². The van der Waals surface area contributed by atoms with E-state index in [0.29, 0.717) is 5.78 Å². The van der Waals surface area contributed by atoms with Crippen molar-refractivity contribution in [2.24, 2.45) is 0 Å². The fraction of sp³-hybridized carbons (Fsp3) is 0.700. The molecule has 0 atom stereocenters. The van der Waals surface area contributed by atoms with Gasteiger partial charge in [0.1, 0.15) is 0 Å². The van der Waals surface area contributed by atoms with Crippen molar-refractivity contribution in [2.75, 3.05) is 0 Å². The molecule has 0 fully saturated rings. The van der Waals surface area contributed by atoms with Gasteiger partial charge in [0.2, 0.25) is 0 Å². The molecular weight excluding hydrogens is 439 g/mol. The molecule has 0 aliphatic heterocycles. The third-order valence-electron chi connectivity index (χ3n) is 5.40. The van der Waals surface area contributed by atoms with Crippen LogP contribution in [0.15, 0.2) is 18.5 Å². The van der Waals surface area contributed by atoms with E-state index in [1.54, 1.807) is 6.20 Å². The van der Waals surface area contributed by atoms with Crippen molar-refractivity contribution in [2.45, 2.75) is 85.5 Å². The zero-order chi connectivity index (χ0) is 19.2. The molecule has 2 rings (SSSR count). The minimum absolute atomic E-state index is 0.196. The molecule has 0 radical (unpaired) electrons. The van der Waals surface area contributed by atoms with E-state index >= 15 is 0 Å². The Bertz CT molecular complexity index is 672. The van der Waals surface area contributed by atoms with Crippen LogP contribution in [0.4, 0.5) is 8.78 Å². The first-order valence-corrected chi connectivity index (χ1v) is 17.6. The number of unbranched alkanes of at least 4 members (excludes halogenated alkanes) is 3. The Hall–Kier alpha value is -0.721. The third-order valence-corrected chi connectivity index (χ3v) is 20.8. The summed E-state index contributed by atoms with van der Waals surface area (Å²) in [4.78, 5) is 8.61. The first-order chi connectivity index (χ1) is 12.4. The summed E-state index contributed by atoms with van der Waals surface area (Å²) in [5.41, 5.74) is -0.196. The van der Waals surface area contributed by atoms with E-state index in [2.05, 4.69) is 30.7 Å². The van der Waals surface area contributed by atoms with Crippen LogP contribution in [0, 0.1) is 0 Å². The van der Waals surface area contributed by atoms with Crippen LogP contribution in [0.3, 0.4) is 0 Å². The zero-order valence-electron chi connectivity index (χ0n) is 16.7. The Morgan fingerprint density at radius 2 is 1.54 bits per heavy atom. The van der Waals surface area contributed by atoms with Crippen LogP contribution in [-0.4, -0.2) is 32.7 Å². The summed E-state index contributed by atoms with van der Waals surface area (Å²) in [6, 6.07) is 1.47. The van der Waals surface area contributed by atoms with E-state index in [1.165, 1.54) is 61.6 Å². The molecule has 2 aromatic rings. The van der Waals surface area contributed by atoms with Gasteiger partial charge in [-0.15, -0.1) is 0 Å². The van der Waals surface area contributed by atoms with E-state index in [9.17, 15) is 8.78 Å². The molecule has 2 aromatic heterocycles. The number of halogens is 2. The predicted octanol–water partition coefficient (Wildman–Crippen LogP) is 5.90. The SMILES string of the molecule is CCC[CH2][Sn]([CH2]CCC)([CH2]CCC)[c]1cnc2nc(C(C)(F)F)ccn12. The second-order valence-electron chi connectivity index (χ2n) is 7.61. The summed E-state index contributed by atoms with van der Waals surface area (Å²) >= 11 is -2.65. The molecule has 0 saturated heterocycles. The quantitative estimate of drug-likeness (QED) is 0.382. The van der Waals surface area contributed by atoms with E-state index < -0.39 is 24.3 Å². The number of fused-ring (bicyclic) bond motifs is 1. The molecule has 0 aliphatic carbocycles. The number of nitrogens with zero attached hydrogens (tertiary/aromatic N) is 3. The van der Waals surface area contributed by atoms with E-state index in [0.717, 1.165) is 6.92 Å². The fourth-order valence-corrected chi connectivity index (χ4v) is 19.9. The summed E-state index contributed by atoms with van der Waals surface area (Å²) in [7, 11) is 0. The van der Waals surface area contributed by atoms with Crippen LogP contribution < -0.4 is 3.71 Å². The normalized spacial score (nSPS) is 12.8. The predicted molar refractivity (Wildman–Crippen MR) is 107 cm³/mol. The molecular formula is C20H33F2N3Sn. The van der Waals surface area contributed by atoms with Gasteiger partial charge in [-0.3, -0.25) is 0 Å². The molecule has 3 nitrogen and oxygen atoms in total. The van der Waals surface area contributed by atoms with E-state index in [-0.39, 0.29) is 5.69 Å². The standard InChI is InChI=1S/C8H6F2N3.3C4H9.Sn/c1-8(9,10)6-2-4-13-5-3-11-7(13)12-6;3*1-3-4-2;/h2-4H,1H3;3*1,3-4H2,2H3;. The second kappa shape index (κ2) is 9.47. The number of hydrogen-bond donors (Lipinski definition) is 0. The van der Waals surface area contributed by atoms with Crippen molar-refractivity contribution in [3.8, 4) is 0 Å².